The third-order valence-corrected chi connectivity index (χ3v) is 5.39. The van der Waals surface area contributed by atoms with Crippen LogP contribution in [0.1, 0.15) is 29.1 Å². The number of hydrogen-bond donors (Lipinski definition) is 0. The zero-order valence-electron chi connectivity index (χ0n) is 15.2. The molecule has 0 N–H and O–H groups in total. The highest BCUT2D eigenvalue weighted by molar-refractivity contribution is 6.30. The van der Waals surface area contributed by atoms with Crippen molar-refractivity contribution in [2.75, 3.05) is 6.54 Å². The second-order valence-electron chi connectivity index (χ2n) is 6.82. The molecule has 0 saturated heterocycles. The highest BCUT2D eigenvalue weighted by Gasteiger charge is 2.31. The Labute approximate surface area is 166 Å². The van der Waals surface area contributed by atoms with Gasteiger partial charge in [0, 0.05) is 54.7 Å². The lowest BCUT2D eigenvalue weighted by Gasteiger charge is -2.35. The third-order valence-electron chi connectivity index (χ3n) is 5.19. The second-order valence-corrected chi connectivity index (χ2v) is 7.25. The summed E-state index contributed by atoms with van der Waals surface area (Å²) in [5.41, 5.74) is 4.26. The number of amides is 1. The minimum atomic E-state index is -0.107. The number of nitrogens with zero attached hydrogens (tertiary/aromatic N) is 6. The van der Waals surface area contributed by atoms with Crippen molar-refractivity contribution in [2.24, 2.45) is 0 Å². The number of halogens is 1. The zero-order valence-corrected chi connectivity index (χ0v) is 15.9. The molecule has 140 valence electrons. The van der Waals surface area contributed by atoms with E-state index < -0.39 is 0 Å². The van der Waals surface area contributed by atoms with Crippen LogP contribution < -0.4 is 0 Å². The molecule has 0 aliphatic carbocycles. The van der Waals surface area contributed by atoms with Gasteiger partial charge in [-0.05, 0) is 31.2 Å². The molecule has 0 radical (unpaired) electrons. The lowest BCUT2D eigenvalue weighted by atomic mass is 10.1. The maximum atomic E-state index is 13.1. The Morgan fingerprint density at radius 1 is 1.21 bits per heavy atom. The molecule has 4 aromatic heterocycles. The van der Waals surface area contributed by atoms with Gasteiger partial charge in [-0.3, -0.25) is 9.78 Å². The van der Waals surface area contributed by atoms with E-state index in [1.54, 1.807) is 24.7 Å². The Bertz CT molecular complexity index is 1180. The Balaban J connectivity index is 1.46. The van der Waals surface area contributed by atoms with E-state index >= 15 is 0 Å². The fourth-order valence-electron chi connectivity index (χ4n) is 3.81. The third kappa shape index (κ3) is 2.66. The summed E-state index contributed by atoms with van der Waals surface area (Å²) in [6.45, 7) is 3.37. The van der Waals surface area contributed by atoms with Gasteiger partial charge in [0.2, 0.25) is 0 Å². The topological polar surface area (TPSA) is 68.3 Å². The minimum Gasteiger partial charge on any atom is -0.341 e. The van der Waals surface area contributed by atoms with Crippen molar-refractivity contribution in [1.29, 1.82) is 0 Å². The van der Waals surface area contributed by atoms with Gasteiger partial charge in [0.1, 0.15) is 0 Å². The highest BCUT2D eigenvalue weighted by atomic mass is 35.5. The van der Waals surface area contributed by atoms with Crippen LogP contribution in [-0.4, -0.2) is 41.5 Å². The largest absolute Gasteiger partial charge is 0.341 e. The van der Waals surface area contributed by atoms with Gasteiger partial charge in [-0.2, -0.15) is 5.10 Å². The van der Waals surface area contributed by atoms with Gasteiger partial charge < -0.3 is 9.47 Å². The first-order chi connectivity index (χ1) is 13.6. The van der Waals surface area contributed by atoms with Crippen LogP contribution in [0.4, 0.5) is 0 Å². The van der Waals surface area contributed by atoms with E-state index in [4.69, 9.17) is 11.6 Å². The van der Waals surface area contributed by atoms with E-state index in [0.29, 0.717) is 22.9 Å². The number of rotatable bonds is 2. The van der Waals surface area contributed by atoms with Gasteiger partial charge in [0.05, 0.1) is 17.3 Å². The van der Waals surface area contributed by atoms with E-state index in [1.807, 2.05) is 30.2 Å². The monoisotopic (exact) mass is 392 g/mol. The number of carbonyl (C=O) groups is 1. The van der Waals surface area contributed by atoms with Crippen molar-refractivity contribution in [1.82, 2.24) is 29.0 Å². The Morgan fingerprint density at radius 2 is 2.11 bits per heavy atom. The molecular weight excluding hydrogens is 376 g/mol. The molecule has 5 heterocycles. The lowest BCUT2D eigenvalue weighted by molar-refractivity contribution is 0.0638. The van der Waals surface area contributed by atoms with Gasteiger partial charge in [0.15, 0.2) is 11.3 Å². The number of pyridine rings is 1. The normalized spacial score (nSPS) is 16.4. The van der Waals surface area contributed by atoms with Crippen molar-refractivity contribution in [2.45, 2.75) is 19.5 Å². The predicted octanol–water partition coefficient (Wildman–Crippen LogP) is 3.46. The molecule has 5 rings (SSSR count). The summed E-state index contributed by atoms with van der Waals surface area (Å²) >= 11 is 5.96. The first-order valence-corrected chi connectivity index (χ1v) is 9.41. The number of carbonyl (C=O) groups excluding carboxylic acids is 1. The minimum absolute atomic E-state index is 0.0620. The van der Waals surface area contributed by atoms with Gasteiger partial charge in [0.25, 0.3) is 5.91 Å². The fourth-order valence-corrected chi connectivity index (χ4v) is 3.95. The fraction of sp³-hybridized carbons (Fsp3) is 0.200. The molecule has 4 aromatic rings. The van der Waals surface area contributed by atoms with E-state index in [9.17, 15) is 4.79 Å². The van der Waals surface area contributed by atoms with Crippen LogP contribution in [0.15, 0.2) is 55.1 Å². The molecule has 1 atom stereocenters. The van der Waals surface area contributed by atoms with Crippen LogP contribution in [0, 0.1) is 0 Å². The first kappa shape index (κ1) is 16.9. The Kier molecular flexibility index (Phi) is 3.91. The van der Waals surface area contributed by atoms with E-state index in [2.05, 4.69) is 31.8 Å². The van der Waals surface area contributed by atoms with E-state index in [1.165, 1.54) is 4.52 Å². The average Bonchev–Trinajstić information content (AvgIpc) is 3.32. The van der Waals surface area contributed by atoms with Crippen LogP contribution in [0.3, 0.4) is 0 Å². The van der Waals surface area contributed by atoms with Crippen molar-refractivity contribution in [3.05, 3.63) is 71.5 Å². The summed E-state index contributed by atoms with van der Waals surface area (Å²) in [5, 5.41) is 4.83. The zero-order chi connectivity index (χ0) is 19.3. The molecule has 1 amide bonds. The maximum absolute atomic E-state index is 13.1. The van der Waals surface area contributed by atoms with Crippen LogP contribution in [0.25, 0.3) is 16.9 Å². The summed E-state index contributed by atoms with van der Waals surface area (Å²) < 4.78 is 3.80. The van der Waals surface area contributed by atoms with Crippen LogP contribution in [-0.2, 0) is 6.54 Å². The first-order valence-electron chi connectivity index (χ1n) is 9.03. The Hall–Kier alpha value is -3.19. The molecule has 1 aliphatic rings. The smallest absolute Gasteiger partial charge is 0.275 e. The molecule has 1 aliphatic heterocycles. The quantitative estimate of drug-likeness (QED) is 0.524. The summed E-state index contributed by atoms with van der Waals surface area (Å²) in [7, 11) is 0. The van der Waals surface area contributed by atoms with Crippen molar-refractivity contribution in [3.8, 4) is 11.3 Å². The SMILES string of the molecule is CC1c2ccc(-c3cccnc3)n2CCN1C(=O)c1cc2ncc(Cl)cn2n1. The molecule has 0 aromatic carbocycles. The lowest BCUT2D eigenvalue weighted by Crippen LogP contribution is -2.41. The second kappa shape index (κ2) is 6.45. The predicted molar refractivity (Wildman–Crippen MR) is 105 cm³/mol. The van der Waals surface area contributed by atoms with Gasteiger partial charge in [-0.15, -0.1) is 0 Å². The molecule has 7 nitrogen and oxygen atoms in total. The van der Waals surface area contributed by atoms with Gasteiger partial charge in [-0.25, -0.2) is 9.50 Å². The summed E-state index contributed by atoms with van der Waals surface area (Å²) in [5.74, 6) is -0.107. The molecule has 0 saturated carbocycles. The van der Waals surface area contributed by atoms with E-state index in [-0.39, 0.29) is 11.9 Å². The number of aromatic nitrogens is 5. The number of fused-ring (bicyclic) bond motifs is 2. The van der Waals surface area contributed by atoms with Crippen LogP contribution in [0.5, 0.6) is 0 Å². The summed E-state index contributed by atoms with van der Waals surface area (Å²) in [4.78, 5) is 23.4. The Morgan fingerprint density at radius 3 is 2.93 bits per heavy atom. The standard InChI is InChI=1S/C20H17ClN6O/c1-13-17-4-5-18(14-3-2-6-22-10-14)26(17)8-7-25(13)20(28)16-9-19-23-11-15(21)12-27(19)24-16/h2-6,9-13H,7-8H2,1H3. The number of hydrogen-bond acceptors (Lipinski definition) is 4. The van der Waals surface area contributed by atoms with Gasteiger partial charge in [-0.1, -0.05) is 11.6 Å². The van der Waals surface area contributed by atoms with Crippen LogP contribution in [0.2, 0.25) is 5.02 Å². The van der Waals surface area contributed by atoms with Crippen LogP contribution >= 0.6 is 11.6 Å². The molecular formula is C20H17ClN6O. The van der Waals surface area contributed by atoms with Crippen molar-refractivity contribution >= 4 is 23.2 Å². The van der Waals surface area contributed by atoms with E-state index in [0.717, 1.165) is 23.5 Å². The van der Waals surface area contributed by atoms with Crippen molar-refractivity contribution < 1.29 is 4.79 Å². The summed E-state index contributed by atoms with van der Waals surface area (Å²) in [6.07, 6.45) is 6.82. The molecule has 0 spiro atoms. The molecule has 28 heavy (non-hydrogen) atoms. The molecule has 8 heteroatoms. The molecule has 0 fully saturated rings. The highest BCUT2D eigenvalue weighted by Crippen LogP contribution is 2.32. The molecule has 1 unspecified atom stereocenters. The van der Waals surface area contributed by atoms with Gasteiger partial charge >= 0.3 is 0 Å². The summed E-state index contributed by atoms with van der Waals surface area (Å²) in [6, 6.07) is 9.78. The maximum Gasteiger partial charge on any atom is 0.275 e. The molecule has 0 bridgehead atoms. The van der Waals surface area contributed by atoms with Crippen molar-refractivity contribution in [3.63, 3.8) is 0 Å². The average molecular weight is 393 g/mol.